The lowest BCUT2D eigenvalue weighted by molar-refractivity contribution is 0.759. The Hall–Kier alpha value is -0.760. The van der Waals surface area contributed by atoms with Crippen LogP contribution < -0.4 is 0 Å². The molecule has 0 radical (unpaired) electrons. The highest BCUT2D eigenvalue weighted by Crippen LogP contribution is 2.12. The molecular weight excluding hydrogens is 172 g/mol. The molecule has 2 nitrogen and oxygen atoms in total. The van der Waals surface area contributed by atoms with E-state index < -0.39 is 0 Å². The second kappa shape index (κ2) is 3.76. The first-order valence-electron chi connectivity index (χ1n) is 3.91. The SMILES string of the molecule is C/C(=C\c1ccnn1C)C(C)Cl. The van der Waals surface area contributed by atoms with E-state index in [4.69, 9.17) is 11.6 Å². The molecule has 1 aromatic rings. The number of rotatable bonds is 2. The van der Waals surface area contributed by atoms with Gasteiger partial charge in [-0.2, -0.15) is 5.10 Å². The molecule has 66 valence electrons. The second-order valence-electron chi connectivity index (χ2n) is 2.88. The monoisotopic (exact) mass is 184 g/mol. The molecule has 0 aliphatic heterocycles. The summed E-state index contributed by atoms with van der Waals surface area (Å²) in [5, 5.41) is 4.14. The normalized spacial score (nSPS) is 14.8. The molecule has 0 saturated heterocycles. The van der Waals surface area contributed by atoms with Crippen LogP contribution >= 0.6 is 11.6 Å². The lowest BCUT2D eigenvalue weighted by Crippen LogP contribution is -1.96. The zero-order valence-corrected chi connectivity index (χ0v) is 8.34. The Balaban J connectivity index is 2.87. The van der Waals surface area contributed by atoms with Gasteiger partial charge in [0.05, 0.1) is 11.1 Å². The van der Waals surface area contributed by atoms with Crippen molar-refractivity contribution in [3.63, 3.8) is 0 Å². The topological polar surface area (TPSA) is 17.8 Å². The van der Waals surface area contributed by atoms with Crippen LogP contribution in [0.2, 0.25) is 0 Å². The predicted molar refractivity (Wildman–Crippen MR) is 52.2 cm³/mol. The lowest BCUT2D eigenvalue weighted by atomic mass is 10.2. The first kappa shape index (κ1) is 9.33. The van der Waals surface area contributed by atoms with Gasteiger partial charge in [-0.05, 0) is 26.0 Å². The molecule has 0 aliphatic carbocycles. The summed E-state index contributed by atoms with van der Waals surface area (Å²) in [6.45, 7) is 3.98. The van der Waals surface area contributed by atoms with Gasteiger partial charge < -0.3 is 0 Å². The van der Waals surface area contributed by atoms with Gasteiger partial charge in [-0.15, -0.1) is 11.6 Å². The number of allylic oxidation sites excluding steroid dienone is 1. The van der Waals surface area contributed by atoms with Gasteiger partial charge in [0.2, 0.25) is 0 Å². The van der Waals surface area contributed by atoms with Crippen molar-refractivity contribution < 1.29 is 0 Å². The Bertz CT molecular complexity index is 286. The molecule has 3 heteroatoms. The number of alkyl halides is 1. The summed E-state index contributed by atoms with van der Waals surface area (Å²) >= 11 is 5.90. The molecule has 1 unspecified atom stereocenters. The molecule has 0 amide bonds. The maximum atomic E-state index is 5.90. The Morgan fingerprint density at radius 2 is 2.42 bits per heavy atom. The largest absolute Gasteiger partial charge is 0.269 e. The van der Waals surface area contributed by atoms with Crippen LogP contribution in [-0.4, -0.2) is 15.2 Å². The fraction of sp³-hybridized carbons (Fsp3) is 0.444. The Morgan fingerprint density at radius 1 is 1.75 bits per heavy atom. The molecule has 1 rings (SSSR count). The van der Waals surface area contributed by atoms with E-state index in [1.807, 2.05) is 37.7 Å². The zero-order valence-electron chi connectivity index (χ0n) is 7.58. The first-order chi connectivity index (χ1) is 5.61. The third kappa shape index (κ3) is 2.11. The van der Waals surface area contributed by atoms with Gasteiger partial charge in [0.15, 0.2) is 0 Å². The number of hydrogen-bond acceptors (Lipinski definition) is 1. The van der Waals surface area contributed by atoms with Crippen molar-refractivity contribution >= 4 is 17.7 Å². The Morgan fingerprint density at radius 3 is 2.83 bits per heavy atom. The van der Waals surface area contributed by atoms with Crippen LogP contribution in [0.5, 0.6) is 0 Å². The maximum absolute atomic E-state index is 5.90. The minimum absolute atomic E-state index is 0.0832. The number of nitrogens with zero attached hydrogens (tertiary/aromatic N) is 2. The molecule has 1 aromatic heterocycles. The molecule has 0 bridgehead atoms. The van der Waals surface area contributed by atoms with Gasteiger partial charge in [0, 0.05) is 13.2 Å². The summed E-state index contributed by atoms with van der Waals surface area (Å²) in [5.74, 6) is 0. The molecule has 0 saturated carbocycles. The van der Waals surface area contributed by atoms with Crippen molar-refractivity contribution in [1.82, 2.24) is 9.78 Å². The van der Waals surface area contributed by atoms with Gasteiger partial charge >= 0.3 is 0 Å². The number of aryl methyl sites for hydroxylation is 1. The minimum atomic E-state index is 0.0832. The standard InChI is InChI=1S/C9H13ClN2/c1-7(8(2)10)6-9-4-5-11-12(9)3/h4-6,8H,1-3H3/b7-6+. The van der Waals surface area contributed by atoms with Crippen LogP contribution in [0.25, 0.3) is 6.08 Å². The van der Waals surface area contributed by atoms with Crippen molar-refractivity contribution in [2.75, 3.05) is 0 Å². The highest BCUT2D eigenvalue weighted by Gasteiger charge is 2.00. The van der Waals surface area contributed by atoms with Gasteiger partial charge in [0.25, 0.3) is 0 Å². The van der Waals surface area contributed by atoms with E-state index in [0.717, 1.165) is 11.3 Å². The van der Waals surface area contributed by atoms with Crippen LogP contribution in [0, 0.1) is 0 Å². The van der Waals surface area contributed by atoms with E-state index in [9.17, 15) is 0 Å². The smallest absolute Gasteiger partial charge is 0.0606 e. The van der Waals surface area contributed by atoms with Gasteiger partial charge in [-0.1, -0.05) is 5.57 Å². The van der Waals surface area contributed by atoms with Gasteiger partial charge in [0.1, 0.15) is 0 Å². The number of halogens is 1. The van der Waals surface area contributed by atoms with E-state index in [-0.39, 0.29) is 5.38 Å². The molecule has 0 aliphatic rings. The van der Waals surface area contributed by atoms with Crippen LogP contribution in [0.4, 0.5) is 0 Å². The van der Waals surface area contributed by atoms with E-state index in [2.05, 4.69) is 5.10 Å². The van der Waals surface area contributed by atoms with Crippen molar-refractivity contribution in [2.45, 2.75) is 19.2 Å². The van der Waals surface area contributed by atoms with Crippen molar-refractivity contribution in [3.05, 3.63) is 23.5 Å². The van der Waals surface area contributed by atoms with Crippen molar-refractivity contribution in [3.8, 4) is 0 Å². The van der Waals surface area contributed by atoms with Crippen LogP contribution in [-0.2, 0) is 7.05 Å². The summed E-state index contributed by atoms with van der Waals surface area (Å²) in [6, 6.07) is 1.96. The molecule has 0 spiro atoms. The molecule has 0 fully saturated rings. The highest BCUT2D eigenvalue weighted by molar-refractivity contribution is 6.22. The molecule has 1 atom stereocenters. The summed E-state index contributed by atoms with van der Waals surface area (Å²) in [4.78, 5) is 0. The third-order valence-corrected chi connectivity index (χ3v) is 2.21. The number of aromatic nitrogens is 2. The minimum Gasteiger partial charge on any atom is -0.269 e. The fourth-order valence-corrected chi connectivity index (χ4v) is 0.937. The summed E-state index contributed by atoms with van der Waals surface area (Å²) < 4.78 is 1.82. The maximum Gasteiger partial charge on any atom is 0.0606 e. The van der Waals surface area contributed by atoms with Crippen LogP contribution in [0.15, 0.2) is 17.8 Å². The molecule has 0 aromatic carbocycles. The van der Waals surface area contributed by atoms with E-state index in [1.54, 1.807) is 6.20 Å². The molecule has 0 N–H and O–H groups in total. The van der Waals surface area contributed by atoms with Crippen molar-refractivity contribution in [2.24, 2.45) is 7.05 Å². The molecule has 1 heterocycles. The van der Waals surface area contributed by atoms with Gasteiger partial charge in [-0.3, -0.25) is 4.68 Å². The predicted octanol–water partition coefficient (Wildman–Crippen LogP) is 2.45. The highest BCUT2D eigenvalue weighted by atomic mass is 35.5. The van der Waals surface area contributed by atoms with E-state index in [0.29, 0.717) is 0 Å². The summed E-state index contributed by atoms with van der Waals surface area (Å²) in [7, 11) is 1.91. The average Bonchev–Trinajstić information content (AvgIpc) is 2.36. The number of hydrogen-bond donors (Lipinski definition) is 0. The summed E-state index contributed by atoms with van der Waals surface area (Å²) in [5.41, 5.74) is 2.24. The van der Waals surface area contributed by atoms with E-state index >= 15 is 0 Å². The Labute approximate surface area is 77.8 Å². The Kier molecular flexibility index (Phi) is 2.93. The first-order valence-corrected chi connectivity index (χ1v) is 4.35. The van der Waals surface area contributed by atoms with Gasteiger partial charge in [-0.25, -0.2) is 0 Å². The van der Waals surface area contributed by atoms with Crippen LogP contribution in [0.1, 0.15) is 19.5 Å². The van der Waals surface area contributed by atoms with E-state index in [1.165, 1.54) is 0 Å². The molecule has 12 heavy (non-hydrogen) atoms. The third-order valence-electron chi connectivity index (χ3n) is 1.86. The quantitative estimate of drug-likeness (QED) is 0.646. The second-order valence-corrected chi connectivity index (χ2v) is 3.54. The molecular formula is C9H13ClN2. The summed E-state index contributed by atoms with van der Waals surface area (Å²) in [6.07, 6.45) is 3.82. The fourth-order valence-electron chi connectivity index (χ4n) is 0.874. The van der Waals surface area contributed by atoms with Crippen LogP contribution in [0.3, 0.4) is 0 Å². The average molecular weight is 185 g/mol. The van der Waals surface area contributed by atoms with Crippen molar-refractivity contribution in [1.29, 1.82) is 0 Å². The lowest BCUT2D eigenvalue weighted by Gasteiger charge is -2.02. The zero-order chi connectivity index (χ0) is 9.14.